The molecule has 0 bridgehead atoms. The van der Waals surface area contributed by atoms with Crippen LogP contribution in [0.5, 0.6) is 0 Å². The Labute approximate surface area is 80.8 Å². The molecule has 0 aromatic heterocycles. The maximum Gasteiger partial charge on any atom is 0.424 e. The summed E-state index contributed by atoms with van der Waals surface area (Å²) in [5, 5.41) is 0. The molecule has 0 rings (SSSR count). The van der Waals surface area contributed by atoms with E-state index in [9.17, 15) is 0 Å². The summed E-state index contributed by atoms with van der Waals surface area (Å²) < 4.78 is 3.49. The van der Waals surface area contributed by atoms with Crippen molar-refractivity contribution in [3.8, 4) is 0 Å². The average molecular weight is 376 g/mol. The summed E-state index contributed by atoms with van der Waals surface area (Å²) in [7, 11) is 0. The van der Waals surface area contributed by atoms with Crippen LogP contribution in [0.2, 0.25) is 0 Å². The van der Waals surface area contributed by atoms with E-state index < -0.39 is 2.62 Å². The molecule has 0 spiro atoms. The normalized spacial score (nSPS) is 12.0. The molecule has 0 saturated carbocycles. The van der Waals surface area contributed by atoms with Gasteiger partial charge < -0.3 is 4.43 Å². The van der Waals surface area contributed by atoms with Gasteiger partial charge in [-0.3, -0.25) is 0 Å². The molecule has 0 N–H and O–H groups in total. The molecule has 0 saturated heterocycles. The quantitative estimate of drug-likeness (QED) is 0.418. The van der Waals surface area contributed by atoms with Gasteiger partial charge in [-0.15, -0.1) is 11.1 Å². The Kier molecular flexibility index (Phi) is 5.83. The number of hydrogen-bond donors (Lipinski definition) is 0. The molecule has 0 aromatic carbocycles. The van der Waals surface area contributed by atoms with Crippen LogP contribution in [0, 0.1) is 0 Å². The molecule has 0 fully saturated rings. The molecule has 0 aliphatic carbocycles. The third-order valence-corrected chi connectivity index (χ3v) is 3.20. The van der Waals surface area contributed by atoms with E-state index >= 15 is 0 Å². The van der Waals surface area contributed by atoms with Crippen LogP contribution < -0.4 is 0 Å². The SMILES string of the molecule is CCCO[Si](Cl)(I)I. The second-order valence-corrected chi connectivity index (χ2v) is 23.2. The maximum atomic E-state index is 5.80. The van der Waals surface area contributed by atoms with E-state index in [1.54, 1.807) is 0 Å². The summed E-state index contributed by atoms with van der Waals surface area (Å²) in [6.07, 6.45) is 1.05. The van der Waals surface area contributed by atoms with Gasteiger partial charge >= 0.3 is 2.62 Å². The molecular formula is C3H7ClI2OSi. The van der Waals surface area contributed by atoms with E-state index in [0.29, 0.717) is 0 Å². The van der Waals surface area contributed by atoms with Crippen molar-refractivity contribution in [2.75, 3.05) is 6.61 Å². The summed E-state index contributed by atoms with van der Waals surface area (Å²) in [5.74, 6) is 0. The van der Waals surface area contributed by atoms with Gasteiger partial charge in [-0.05, 0) is 6.42 Å². The largest absolute Gasteiger partial charge is 0.424 e. The Balaban J connectivity index is 3.11. The van der Waals surface area contributed by atoms with Crippen LogP contribution in [0.4, 0.5) is 0 Å². The van der Waals surface area contributed by atoms with Crippen molar-refractivity contribution in [3.63, 3.8) is 0 Å². The lowest BCUT2D eigenvalue weighted by Crippen LogP contribution is -2.14. The van der Waals surface area contributed by atoms with Crippen molar-refractivity contribution in [1.82, 2.24) is 0 Å². The molecule has 0 atom stereocenters. The van der Waals surface area contributed by atoms with Crippen molar-refractivity contribution in [1.29, 1.82) is 0 Å². The van der Waals surface area contributed by atoms with E-state index in [1.807, 2.05) is 0 Å². The van der Waals surface area contributed by atoms with Gasteiger partial charge in [0.05, 0.1) is 0 Å². The van der Waals surface area contributed by atoms with E-state index in [4.69, 9.17) is 15.5 Å². The number of rotatable bonds is 3. The summed E-state index contributed by atoms with van der Waals surface area (Å²) >= 11 is 10.1. The molecule has 0 unspecified atom stereocenters. The zero-order valence-electron chi connectivity index (χ0n) is 4.46. The highest BCUT2D eigenvalue weighted by molar-refractivity contribution is 14.3. The Morgan fingerprint density at radius 1 is 1.62 bits per heavy atom. The standard InChI is InChI=1S/C3H7ClI2OSi/c1-2-3-7-8(4,5)6/h2-3H2,1H3. The predicted octanol–water partition coefficient (Wildman–Crippen LogP) is 2.96. The fourth-order valence-electron chi connectivity index (χ4n) is 0.218. The number of halogens is 3. The van der Waals surface area contributed by atoms with Gasteiger partial charge in [-0.2, -0.15) is 0 Å². The van der Waals surface area contributed by atoms with Crippen LogP contribution in [0.1, 0.15) is 13.3 Å². The summed E-state index contributed by atoms with van der Waals surface area (Å²) in [4.78, 5) is 0. The minimum atomic E-state index is -1.77. The molecule has 0 aromatic rings. The predicted molar refractivity (Wildman–Crippen MR) is 55.9 cm³/mol. The molecule has 0 amide bonds. The molecule has 0 heterocycles. The molecule has 5 heteroatoms. The summed E-state index contributed by atoms with van der Waals surface area (Å²) in [6, 6.07) is 0. The van der Waals surface area contributed by atoms with Gasteiger partial charge in [-0.1, -0.05) is 50.5 Å². The van der Waals surface area contributed by atoms with Crippen molar-refractivity contribution >= 4 is 57.3 Å². The third kappa shape index (κ3) is 7.93. The highest BCUT2D eigenvalue weighted by atomic mass is 127. The van der Waals surface area contributed by atoms with Gasteiger partial charge in [0, 0.05) is 6.61 Å². The van der Waals surface area contributed by atoms with Crippen molar-refractivity contribution in [2.24, 2.45) is 0 Å². The second-order valence-electron chi connectivity index (χ2n) is 1.29. The van der Waals surface area contributed by atoms with Crippen LogP contribution in [0.3, 0.4) is 0 Å². The van der Waals surface area contributed by atoms with Crippen molar-refractivity contribution in [3.05, 3.63) is 0 Å². The van der Waals surface area contributed by atoms with E-state index in [1.165, 1.54) is 0 Å². The van der Waals surface area contributed by atoms with E-state index in [-0.39, 0.29) is 0 Å². The van der Waals surface area contributed by atoms with Crippen LogP contribution >= 0.6 is 54.7 Å². The first-order valence-corrected chi connectivity index (χ1v) is 11.4. The zero-order chi connectivity index (χ0) is 6.62. The van der Waals surface area contributed by atoms with Gasteiger partial charge in [0.1, 0.15) is 0 Å². The molecule has 0 radical (unpaired) electrons. The van der Waals surface area contributed by atoms with Crippen molar-refractivity contribution < 1.29 is 4.43 Å². The lowest BCUT2D eigenvalue weighted by molar-refractivity contribution is 0.341. The Bertz CT molecular complexity index is 64.8. The molecular weight excluding hydrogens is 369 g/mol. The lowest BCUT2D eigenvalue weighted by Gasteiger charge is -2.07. The first-order chi connectivity index (χ1) is 3.56. The van der Waals surface area contributed by atoms with Crippen LogP contribution in [0.15, 0.2) is 0 Å². The second kappa shape index (κ2) is 4.70. The molecule has 8 heavy (non-hydrogen) atoms. The average Bonchev–Trinajstić information content (AvgIpc) is 1.59. The van der Waals surface area contributed by atoms with Crippen molar-refractivity contribution in [2.45, 2.75) is 13.3 Å². The van der Waals surface area contributed by atoms with Gasteiger partial charge in [0.25, 0.3) is 0 Å². The maximum absolute atomic E-state index is 5.80. The van der Waals surface area contributed by atoms with Gasteiger partial charge in [0.15, 0.2) is 0 Å². The first kappa shape index (κ1) is 9.93. The van der Waals surface area contributed by atoms with Crippen LogP contribution in [-0.4, -0.2) is 9.23 Å². The van der Waals surface area contributed by atoms with E-state index in [2.05, 4.69) is 50.5 Å². The van der Waals surface area contributed by atoms with Gasteiger partial charge in [0.2, 0.25) is 0 Å². The van der Waals surface area contributed by atoms with Crippen LogP contribution in [0.25, 0.3) is 0 Å². The Hall–Kier alpha value is 1.93. The molecule has 0 aliphatic rings. The number of hydrogen-bond acceptors (Lipinski definition) is 1. The van der Waals surface area contributed by atoms with E-state index in [0.717, 1.165) is 13.0 Å². The van der Waals surface area contributed by atoms with Gasteiger partial charge in [-0.25, -0.2) is 0 Å². The highest BCUT2D eigenvalue weighted by Gasteiger charge is 2.23. The summed E-state index contributed by atoms with van der Waals surface area (Å²) in [6.45, 7) is 2.87. The van der Waals surface area contributed by atoms with Crippen LogP contribution in [-0.2, 0) is 4.43 Å². The minimum absolute atomic E-state index is 0.793. The smallest absolute Gasteiger partial charge is 0.389 e. The Morgan fingerprint density at radius 2 is 2.12 bits per heavy atom. The summed E-state index contributed by atoms with van der Waals surface area (Å²) in [5.41, 5.74) is 0. The Morgan fingerprint density at radius 3 is 2.25 bits per heavy atom. The first-order valence-electron chi connectivity index (χ1n) is 2.27. The lowest BCUT2D eigenvalue weighted by atomic mass is 10.5. The topological polar surface area (TPSA) is 9.23 Å². The third-order valence-electron chi connectivity index (χ3n) is 0.470. The molecule has 1 nitrogen and oxygen atoms in total. The fraction of sp³-hybridized carbons (Fsp3) is 1.00. The fourth-order valence-corrected chi connectivity index (χ4v) is 2.21. The minimum Gasteiger partial charge on any atom is -0.389 e. The zero-order valence-corrected chi connectivity index (χ0v) is 10.5. The highest BCUT2D eigenvalue weighted by Crippen LogP contribution is 2.27. The molecule has 50 valence electrons. The monoisotopic (exact) mass is 376 g/mol. The molecule has 0 aliphatic heterocycles.